The van der Waals surface area contributed by atoms with Crippen LogP contribution in [-0.4, -0.2) is 37.9 Å². The summed E-state index contributed by atoms with van der Waals surface area (Å²) in [6.07, 6.45) is 75.0. The zero-order valence-corrected chi connectivity index (χ0v) is 41.5. The largest absolute Gasteiger partial charge is 0.462 e. The van der Waals surface area contributed by atoms with Gasteiger partial charge in [0.25, 0.3) is 0 Å². The highest BCUT2D eigenvalue weighted by Gasteiger charge is 2.17. The van der Waals surface area contributed by atoms with E-state index in [1.54, 1.807) is 0 Å². The summed E-state index contributed by atoms with van der Waals surface area (Å²) >= 11 is 0. The van der Waals surface area contributed by atoms with E-state index in [1.807, 2.05) is 0 Å². The topological polar surface area (TPSA) is 61.8 Å². The molecule has 0 radical (unpaired) electrons. The second-order valence-corrected chi connectivity index (χ2v) is 16.7. The van der Waals surface area contributed by atoms with Gasteiger partial charge in [-0.3, -0.25) is 9.59 Å². The van der Waals surface area contributed by atoms with Crippen LogP contribution in [0.3, 0.4) is 0 Å². The van der Waals surface area contributed by atoms with Crippen LogP contribution in [0.25, 0.3) is 0 Å². The van der Waals surface area contributed by atoms with E-state index < -0.39 is 6.10 Å². The lowest BCUT2D eigenvalue weighted by Crippen LogP contribution is -2.30. The molecule has 0 heterocycles. The smallest absolute Gasteiger partial charge is 0.306 e. The van der Waals surface area contributed by atoms with Crippen LogP contribution in [-0.2, 0) is 23.8 Å². The second-order valence-electron chi connectivity index (χ2n) is 16.7. The molecule has 0 aromatic heterocycles. The molecule has 5 nitrogen and oxygen atoms in total. The molecule has 0 bridgehead atoms. The normalized spacial score (nSPS) is 13.2. The van der Waals surface area contributed by atoms with Crippen molar-refractivity contribution in [2.45, 2.75) is 219 Å². The number of esters is 2. The summed E-state index contributed by atoms with van der Waals surface area (Å²) in [5.74, 6) is -0.467. The number of carbonyl (C=O) groups is 2. The minimum absolute atomic E-state index is 0.0425. The van der Waals surface area contributed by atoms with Crippen molar-refractivity contribution < 1.29 is 23.8 Å². The molecule has 5 heteroatoms. The molecule has 0 aliphatic rings. The first-order valence-corrected chi connectivity index (χ1v) is 26.1. The Balaban J connectivity index is 4.43. The average Bonchev–Trinajstić information content (AvgIpc) is 3.30. The third kappa shape index (κ3) is 50.9. The fourth-order valence-electron chi connectivity index (χ4n) is 6.65. The van der Waals surface area contributed by atoms with Gasteiger partial charge in [0.1, 0.15) is 6.61 Å². The van der Waals surface area contributed by atoms with Gasteiger partial charge in [0.2, 0.25) is 0 Å². The summed E-state index contributed by atoms with van der Waals surface area (Å²) in [5, 5.41) is 0. The molecular weight excluding hydrogens is 789 g/mol. The van der Waals surface area contributed by atoms with E-state index in [0.717, 1.165) is 122 Å². The molecule has 64 heavy (non-hydrogen) atoms. The number of hydrogen-bond acceptors (Lipinski definition) is 5. The summed E-state index contributed by atoms with van der Waals surface area (Å²) < 4.78 is 17.3. The molecule has 0 fully saturated rings. The van der Waals surface area contributed by atoms with Crippen LogP contribution in [0.4, 0.5) is 0 Å². The highest BCUT2D eigenvalue weighted by molar-refractivity contribution is 5.70. The number of rotatable bonds is 46. The van der Waals surface area contributed by atoms with Gasteiger partial charge in [0.05, 0.1) is 6.61 Å². The first-order chi connectivity index (χ1) is 31.6. The Bertz CT molecular complexity index is 1320. The molecule has 1 atom stereocenters. The van der Waals surface area contributed by atoms with Crippen molar-refractivity contribution in [1.82, 2.24) is 0 Å². The molecule has 0 spiro atoms. The maximum absolute atomic E-state index is 12.8. The van der Waals surface area contributed by atoms with Crippen LogP contribution in [0.15, 0.2) is 122 Å². The van der Waals surface area contributed by atoms with Crippen LogP contribution in [0.1, 0.15) is 213 Å². The Morgan fingerprint density at radius 3 is 1.14 bits per heavy atom. The van der Waals surface area contributed by atoms with Crippen molar-refractivity contribution in [3.05, 3.63) is 122 Å². The van der Waals surface area contributed by atoms with Gasteiger partial charge in [-0.25, -0.2) is 0 Å². The first-order valence-electron chi connectivity index (χ1n) is 26.1. The van der Waals surface area contributed by atoms with Crippen LogP contribution in [0.2, 0.25) is 0 Å². The summed E-state index contributed by atoms with van der Waals surface area (Å²) in [6.45, 7) is 7.40. The molecule has 0 N–H and O–H groups in total. The van der Waals surface area contributed by atoms with E-state index >= 15 is 0 Å². The van der Waals surface area contributed by atoms with E-state index in [1.165, 1.54) is 57.8 Å². The molecular formula is C59H96O5. The highest BCUT2D eigenvalue weighted by atomic mass is 16.6. The van der Waals surface area contributed by atoms with Gasteiger partial charge >= 0.3 is 11.9 Å². The Hall–Kier alpha value is -3.70. The minimum atomic E-state index is -0.586. The monoisotopic (exact) mass is 885 g/mol. The molecule has 0 aromatic carbocycles. The fourth-order valence-corrected chi connectivity index (χ4v) is 6.65. The van der Waals surface area contributed by atoms with Crippen LogP contribution in [0.5, 0.6) is 0 Å². The SMILES string of the molecule is CC/C=C\C/C=C\C/C=C\C/C=C\C/C=C\C/C=C\CCCOCC(COC(=O)CCCCCCC/C=C\C/C=C\C/C=C\CC)OC(=O)CCCCCCC/C=C\CCCCCC. The molecule has 0 saturated carbocycles. The number of carbonyl (C=O) groups excluding carboxylic acids is 2. The lowest BCUT2D eigenvalue weighted by molar-refractivity contribution is -0.163. The molecule has 0 rings (SSSR count). The Morgan fingerprint density at radius 2 is 0.703 bits per heavy atom. The van der Waals surface area contributed by atoms with Crippen molar-refractivity contribution in [3.8, 4) is 0 Å². The minimum Gasteiger partial charge on any atom is -0.462 e. The lowest BCUT2D eigenvalue weighted by atomic mass is 10.1. The van der Waals surface area contributed by atoms with Gasteiger partial charge in [-0.2, -0.15) is 0 Å². The van der Waals surface area contributed by atoms with E-state index in [4.69, 9.17) is 14.2 Å². The Labute approximate surface area is 395 Å². The first kappa shape index (κ1) is 60.3. The van der Waals surface area contributed by atoms with Crippen molar-refractivity contribution in [1.29, 1.82) is 0 Å². The van der Waals surface area contributed by atoms with Gasteiger partial charge in [0.15, 0.2) is 6.10 Å². The van der Waals surface area contributed by atoms with Gasteiger partial charge in [0, 0.05) is 19.4 Å². The van der Waals surface area contributed by atoms with Crippen molar-refractivity contribution >= 4 is 11.9 Å². The number of unbranched alkanes of at least 4 members (excludes halogenated alkanes) is 15. The zero-order chi connectivity index (χ0) is 46.3. The fraction of sp³-hybridized carbons (Fsp3) is 0.627. The number of allylic oxidation sites excluding steroid dienone is 20. The van der Waals surface area contributed by atoms with E-state index in [9.17, 15) is 9.59 Å². The van der Waals surface area contributed by atoms with Gasteiger partial charge < -0.3 is 14.2 Å². The molecule has 0 amide bonds. The molecule has 0 aliphatic carbocycles. The third-order valence-electron chi connectivity index (χ3n) is 10.5. The molecule has 362 valence electrons. The van der Waals surface area contributed by atoms with Crippen LogP contribution >= 0.6 is 0 Å². The van der Waals surface area contributed by atoms with E-state index in [2.05, 4.69) is 142 Å². The Kier molecular flexibility index (Phi) is 50.5. The maximum Gasteiger partial charge on any atom is 0.306 e. The molecule has 1 unspecified atom stereocenters. The van der Waals surface area contributed by atoms with Crippen molar-refractivity contribution in [2.75, 3.05) is 19.8 Å². The predicted molar refractivity (Wildman–Crippen MR) is 279 cm³/mol. The maximum atomic E-state index is 12.8. The third-order valence-corrected chi connectivity index (χ3v) is 10.5. The van der Waals surface area contributed by atoms with Crippen LogP contribution in [0, 0.1) is 0 Å². The quantitative estimate of drug-likeness (QED) is 0.0346. The van der Waals surface area contributed by atoms with Gasteiger partial charge in [-0.1, -0.05) is 200 Å². The number of ether oxygens (including phenoxy) is 3. The summed E-state index contributed by atoms with van der Waals surface area (Å²) in [6, 6.07) is 0. The van der Waals surface area contributed by atoms with Crippen LogP contribution < -0.4 is 0 Å². The molecule has 0 saturated heterocycles. The van der Waals surface area contributed by atoms with Gasteiger partial charge in [-0.05, 0) is 122 Å². The summed E-state index contributed by atoms with van der Waals surface area (Å²) in [7, 11) is 0. The van der Waals surface area contributed by atoms with E-state index in [-0.39, 0.29) is 25.2 Å². The standard InChI is InChI=1S/C59H96O5/c1-4-7-10-13-16-19-22-25-27-28-29-30-31-33-36-39-42-45-48-51-54-62-55-57(64-59(61)53-50-47-44-41-38-34-24-21-18-15-12-9-6-3)56-63-58(60)52-49-46-43-40-37-35-32-26-23-20-17-14-11-8-5-2/h7-8,10-11,16-17,19-21,24-27,29-30,32-33,36,42,45,57H,4-6,9,12-15,18,22-23,28,31,34-35,37-41,43-44,46-56H2,1-3H3/b10-7-,11-8-,19-16-,20-17-,24-21-,27-25-,30-29-,32-26-,36-33-,45-42-. The van der Waals surface area contributed by atoms with Crippen molar-refractivity contribution in [2.24, 2.45) is 0 Å². The summed E-state index contributed by atoms with van der Waals surface area (Å²) in [5.41, 5.74) is 0. The molecule has 0 aliphatic heterocycles. The second kappa shape index (κ2) is 53.6. The Morgan fingerprint density at radius 1 is 0.359 bits per heavy atom. The van der Waals surface area contributed by atoms with Gasteiger partial charge in [-0.15, -0.1) is 0 Å². The number of hydrogen-bond donors (Lipinski definition) is 0. The molecule has 0 aromatic rings. The average molecular weight is 885 g/mol. The van der Waals surface area contributed by atoms with Crippen molar-refractivity contribution in [3.63, 3.8) is 0 Å². The lowest BCUT2D eigenvalue weighted by Gasteiger charge is -2.18. The summed E-state index contributed by atoms with van der Waals surface area (Å²) in [4.78, 5) is 25.4. The predicted octanol–water partition coefficient (Wildman–Crippen LogP) is 17.8. The van der Waals surface area contributed by atoms with E-state index in [0.29, 0.717) is 19.4 Å². The zero-order valence-electron chi connectivity index (χ0n) is 41.5. The highest BCUT2D eigenvalue weighted by Crippen LogP contribution is 2.12.